The van der Waals surface area contributed by atoms with Crippen molar-refractivity contribution in [2.45, 2.75) is 31.7 Å². The summed E-state index contributed by atoms with van der Waals surface area (Å²) in [5.74, 6) is -0.0877. The van der Waals surface area contributed by atoms with Gasteiger partial charge in [0.2, 0.25) is 5.91 Å². The Labute approximate surface area is 118 Å². The van der Waals surface area contributed by atoms with Crippen LogP contribution in [0, 0.1) is 5.92 Å². The number of carbonyl (C=O) groups excluding carboxylic acids is 2. The van der Waals surface area contributed by atoms with Gasteiger partial charge in [0, 0.05) is 12.1 Å². The number of esters is 1. The van der Waals surface area contributed by atoms with Gasteiger partial charge in [-0.25, -0.2) is 0 Å². The van der Waals surface area contributed by atoms with Crippen LogP contribution in [0.15, 0.2) is 28.9 Å². The maximum Gasteiger partial charge on any atom is 0.310 e. The summed E-state index contributed by atoms with van der Waals surface area (Å²) in [5.41, 5.74) is 0. The summed E-state index contributed by atoms with van der Waals surface area (Å²) in [5, 5.41) is 2.88. The number of hydrogen-bond donors (Lipinski definition) is 1. The molecule has 0 bridgehead atoms. The van der Waals surface area contributed by atoms with Crippen LogP contribution in [0.25, 0.3) is 6.08 Å². The smallest absolute Gasteiger partial charge is 0.310 e. The zero-order valence-corrected chi connectivity index (χ0v) is 11.5. The predicted octanol–water partition coefficient (Wildman–Crippen LogP) is 2.14. The number of rotatable bonds is 4. The average molecular weight is 277 g/mol. The lowest BCUT2D eigenvalue weighted by Gasteiger charge is -2.29. The Bertz CT molecular complexity index is 478. The summed E-state index contributed by atoms with van der Waals surface area (Å²) in [7, 11) is 1.38. The molecule has 1 heterocycles. The third kappa shape index (κ3) is 3.73. The third-order valence-electron chi connectivity index (χ3n) is 3.54. The molecule has 1 N–H and O–H groups in total. The van der Waals surface area contributed by atoms with Crippen molar-refractivity contribution in [2.75, 3.05) is 7.11 Å². The first-order valence-electron chi connectivity index (χ1n) is 6.80. The average Bonchev–Trinajstić information content (AvgIpc) is 2.98. The number of methoxy groups -OCH3 is 1. The highest BCUT2D eigenvalue weighted by Gasteiger charge is 2.32. The second-order valence-electron chi connectivity index (χ2n) is 4.88. The summed E-state index contributed by atoms with van der Waals surface area (Å²) in [6.07, 6.45) is 8.15. The molecule has 5 heteroatoms. The first kappa shape index (κ1) is 14.4. The monoisotopic (exact) mass is 277 g/mol. The fraction of sp³-hybridized carbons (Fsp3) is 0.467. The molecule has 0 aromatic carbocycles. The molecule has 1 aromatic heterocycles. The van der Waals surface area contributed by atoms with Gasteiger partial charge in [0.1, 0.15) is 5.76 Å². The van der Waals surface area contributed by atoms with Crippen molar-refractivity contribution in [2.24, 2.45) is 5.92 Å². The first-order valence-corrected chi connectivity index (χ1v) is 6.80. The molecule has 1 aliphatic rings. The Morgan fingerprint density at radius 3 is 2.90 bits per heavy atom. The number of furan rings is 1. The van der Waals surface area contributed by atoms with E-state index in [1.54, 1.807) is 24.5 Å². The van der Waals surface area contributed by atoms with Crippen LogP contribution in [0.4, 0.5) is 0 Å². The molecule has 108 valence electrons. The molecule has 5 nitrogen and oxygen atoms in total. The maximum atomic E-state index is 11.9. The molecule has 2 atom stereocenters. The van der Waals surface area contributed by atoms with E-state index in [1.807, 2.05) is 0 Å². The Kier molecular flexibility index (Phi) is 4.98. The second-order valence-corrected chi connectivity index (χ2v) is 4.88. The van der Waals surface area contributed by atoms with Crippen LogP contribution in [0.5, 0.6) is 0 Å². The number of carbonyl (C=O) groups is 2. The second kappa shape index (κ2) is 6.93. The van der Waals surface area contributed by atoms with Gasteiger partial charge in [0.15, 0.2) is 0 Å². The predicted molar refractivity (Wildman–Crippen MR) is 73.6 cm³/mol. The van der Waals surface area contributed by atoms with Crippen molar-refractivity contribution in [1.29, 1.82) is 0 Å². The van der Waals surface area contributed by atoms with Crippen LogP contribution in [-0.2, 0) is 14.3 Å². The highest BCUT2D eigenvalue weighted by molar-refractivity contribution is 5.92. The van der Waals surface area contributed by atoms with Crippen molar-refractivity contribution < 1.29 is 18.7 Å². The van der Waals surface area contributed by atoms with Gasteiger partial charge in [-0.05, 0) is 31.1 Å². The third-order valence-corrected chi connectivity index (χ3v) is 3.54. The van der Waals surface area contributed by atoms with E-state index < -0.39 is 0 Å². The number of ether oxygens (including phenoxy) is 1. The van der Waals surface area contributed by atoms with Gasteiger partial charge >= 0.3 is 5.97 Å². The van der Waals surface area contributed by atoms with Crippen LogP contribution < -0.4 is 5.32 Å². The molecular formula is C15H19NO4. The highest BCUT2D eigenvalue weighted by atomic mass is 16.5. The van der Waals surface area contributed by atoms with E-state index in [4.69, 9.17) is 9.15 Å². The Morgan fingerprint density at radius 1 is 1.40 bits per heavy atom. The standard InChI is InChI=1S/C15H19NO4/c1-19-15(18)12-6-2-3-7-13(12)16-14(17)9-8-11-5-4-10-20-11/h4-5,8-10,12-13H,2-3,6-7H2,1H3,(H,16,17)/b9-8+. The van der Waals surface area contributed by atoms with E-state index in [9.17, 15) is 9.59 Å². The summed E-state index contributed by atoms with van der Waals surface area (Å²) in [4.78, 5) is 23.6. The van der Waals surface area contributed by atoms with Crippen LogP contribution in [0.2, 0.25) is 0 Å². The van der Waals surface area contributed by atoms with Crippen molar-refractivity contribution in [3.63, 3.8) is 0 Å². The molecule has 1 amide bonds. The van der Waals surface area contributed by atoms with E-state index >= 15 is 0 Å². The normalized spacial score (nSPS) is 22.6. The number of nitrogens with one attached hydrogen (secondary N) is 1. The highest BCUT2D eigenvalue weighted by Crippen LogP contribution is 2.25. The molecule has 0 radical (unpaired) electrons. The van der Waals surface area contributed by atoms with E-state index in [-0.39, 0.29) is 23.8 Å². The van der Waals surface area contributed by atoms with Crippen LogP contribution in [0.3, 0.4) is 0 Å². The molecule has 20 heavy (non-hydrogen) atoms. The van der Waals surface area contributed by atoms with Crippen LogP contribution >= 0.6 is 0 Å². The lowest BCUT2D eigenvalue weighted by molar-refractivity contribution is -0.147. The van der Waals surface area contributed by atoms with Crippen LogP contribution in [-0.4, -0.2) is 25.0 Å². The molecular weight excluding hydrogens is 258 g/mol. The van der Waals surface area contributed by atoms with Gasteiger partial charge in [-0.3, -0.25) is 9.59 Å². The summed E-state index contributed by atoms with van der Waals surface area (Å²) >= 11 is 0. The summed E-state index contributed by atoms with van der Waals surface area (Å²) in [6.45, 7) is 0. The molecule has 0 spiro atoms. The Balaban J connectivity index is 1.93. The zero-order chi connectivity index (χ0) is 14.4. The van der Waals surface area contributed by atoms with Gasteiger partial charge in [-0.1, -0.05) is 12.8 Å². The molecule has 0 saturated heterocycles. The minimum absolute atomic E-state index is 0.148. The minimum atomic E-state index is -0.245. The maximum absolute atomic E-state index is 11.9. The molecule has 0 aliphatic heterocycles. The van der Waals surface area contributed by atoms with Crippen molar-refractivity contribution in [1.82, 2.24) is 5.32 Å². The number of hydrogen-bond acceptors (Lipinski definition) is 4. The van der Waals surface area contributed by atoms with E-state index in [0.29, 0.717) is 5.76 Å². The lowest BCUT2D eigenvalue weighted by Crippen LogP contribution is -2.44. The van der Waals surface area contributed by atoms with Gasteiger partial charge in [0.25, 0.3) is 0 Å². The van der Waals surface area contributed by atoms with Gasteiger partial charge in [-0.2, -0.15) is 0 Å². The Hall–Kier alpha value is -2.04. The van der Waals surface area contributed by atoms with E-state index in [1.165, 1.54) is 13.2 Å². The van der Waals surface area contributed by atoms with Crippen molar-refractivity contribution >= 4 is 18.0 Å². The molecule has 2 unspecified atom stereocenters. The quantitative estimate of drug-likeness (QED) is 0.676. The molecule has 1 saturated carbocycles. The van der Waals surface area contributed by atoms with E-state index in [0.717, 1.165) is 25.7 Å². The van der Waals surface area contributed by atoms with Crippen LogP contribution in [0.1, 0.15) is 31.4 Å². The SMILES string of the molecule is COC(=O)C1CCCCC1NC(=O)/C=C/c1ccco1. The molecule has 1 aliphatic carbocycles. The van der Waals surface area contributed by atoms with Gasteiger partial charge in [0.05, 0.1) is 19.3 Å². The molecule has 2 rings (SSSR count). The molecule has 1 aromatic rings. The largest absolute Gasteiger partial charge is 0.469 e. The topological polar surface area (TPSA) is 68.5 Å². The number of amides is 1. The van der Waals surface area contributed by atoms with Gasteiger partial charge in [-0.15, -0.1) is 0 Å². The summed E-state index contributed by atoms with van der Waals surface area (Å²) in [6, 6.07) is 3.37. The fourth-order valence-electron chi connectivity index (χ4n) is 2.51. The van der Waals surface area contributed by atoms with E-state index in [2.05, 4.69) is 5.32 Å². The first-order chi connectivity index (χ1) is 9.70. The minimum Gasteiger partial charge on any atom is -0.469 e. The fourth-order valence-corrected chi connectivity index (χ4v) is 2.51. The zero-order valence-electron chi connectivity index (χ0n) is 11.5. The van der Waals surface area contributed by atoms with Crippen molar-refractivity contribution in [3.8, 4) is 0 Å². The summed E-state index contributed by atoms with van der Waals surface area (Å²) < 4.78 is 9.91. The van der Waals surface area contributed by atoms with Crippen molar-refractivity contribution in [3.05, 3.63) is 30.2 Å². The van der Waals surface area contributed by atoms with Gasteiger partial charge < -0.3 is 14.5 Å². The lowest BCUT2D eigenvalue weighted by atomic mass is 9.84. The Morgan fingerprint density at radius 2 is 2.20 bits per heavy atom. The molecule has 1 fully saturated rings.